The van der Waals surface area contributed by atoms with Crippen LogP contribution in [-0.4, -0.2) is 59.9 Å². The summed E-state index contributed by atoms with van der Waals surface area (Å²) in [5, 5.41) is 16.6. The molecular formula is C28H29F5N8O4. The summed E-state index contributed by atoms with van der Waals surface area (Å²) in [7, 11) is 0. The molecule has 4 aromatic rings. The van der Waals surface area contributed by atoms with Crippen LogP contribution < -0.4 is 10.6 Å². The Morgan fingerprint density at radius 1 is 1.18 bits per heavy atom. The Bertz CT molecular complexity index is 1720. The van der Waals surface area contributed by atoms with Crippen molar-refractivity contribution < 1.29 is 40.6 Å². The van der Waals surface area contributed by atoms with Gasteiger partial charge in [0.25, 0.3) is 5.91 Å². The van der Waals surface area contributed by atoms with Crippen LogP contribution in [0.25, 0.3) is 5.65 Å². The zero-order chi connectivity index (χ0) is 32.1. The fourth-order valence-electron chi connectivity index (χ4n) is 6.26. The lowest BCUT2D eigenvalue weighted by Crippen LogP contribution is -2.39. The highest BCUT2D eigenvalue weighted by Gasteiger charge is 2.56. The molecule has 17 heteroatoms. The van der Waals surface area contributed by atoms with Crippen LogP contribution in [0.4, 0.5) is 22.0 Å². The number of oxazole rings is 1. The molecule has 4 aromatic heterocycles. The highest BCUT2D eigenvalue weighted by atomic mass is 19.4. The average Bonchev–Trinajstić information content (AvgIpc) is 3.75. The maximum Gasteiger partial charge on any atom is 0.408 e. The van der Waals surface area contributed by atoms with Crippen molar-refractivity contribution in [1.29, 1.82) is 0 Å². The van der Waals surface area contributed by atoms with E-state index in [0.717, 1.165) is 0 Å². The number of nitrogens with zero attached hydrogens (tertiary/aromatic N) is 6. The summed E-state index contributed by atoms with van der Waals surface area (Å²) in [4.78, 5) is 34.9. The van der Waals surface area contributed by atoms with Gasteiger partial charge >= 0.3 is 6.18 Å². The van der Waals surface area contributed by atoms with Gasteiger partial charge in [-0.15, -0.1) is 0 Å². The largest absolute Gasteiger partial charge is 0.448 e. The zero-order valence-electron chi connectivity index (χ0n) is 24.2. The molecule has 5 heterocycles. The van der Waals surface area contributed by atoms with Gasteiger partial charge in [0, 0.05) is 19.3 Å². The highest BCUT2D eigenvalue weighted by Crippen LogP contribution is 2.43. The van der Waals surface area contributed by atoms with Crippen LogP contribution in [-0.2, 0) is 17.6 Å². The monoisotopic (exact) mass is 636 g/mol. The van der Waals surface area contributed by atoms with Crippen molar-refractivity contribution in [3.63, 3.8) is 0 Å². The van der Waals surface area contributed by atoms with Crippen LogP contribution in [0.1, 0.15) is 77.0 Å². The molecule has 0 aromatic carbocycles. The molecule has 2 N–H and O–H groups in total. The zero-order valence-corrected chi connectivity index (χ0v) is 24.2. The summed E-state index contributed by atoms with van der Waals surface area (Å²) in [6, 6.07) is -1.22. The fourth-order valence-corrected chi connectivity index (χ4v) is 6.26. The SMILES string of the molecule is Cc1nonc1C(=O)N[C@H](c1cn2ncc(C[C@@]3(Cc4ocnc4C)C[C@@H](C(F)(F)F)NC3=O)cc2n1)C1CCC(F)(F)CC1. The number of amides is 2. The minimum absolute atomic E-state index is 0.0513. The molecule has 2 fully saturated rings. The molecule has 45 heavy (non-hydrogen) atoms. The van der Waals surface area contributed by atoms with Gasteiger partial charge in [-0.2, -0.15) is 18.3 Å². The van der Waals surface area contributed by atoms with E-state index < -0.39 is 47.8 Å². The number of halogens is 5. The predicted molar refractivity (Wildman–Crippen MR) is 143 cm³/mol. The normalized spacial score (nSPS) is 22.9. The molecule has 0 radical (unpaired) electrons. The van der Waals surface area contributed by atoms with Gasteiger partial charge in [-0.05, 0) is 62.2 Å². The third-order valence-corrected chi connectivity index (χ3v) is 8.76. The van der Waals surface area contributed by atoms with E-state index in [1.807, 2.05) is 0 Å². The van der Waals surface area contributed by atoms with Crippen molar-refractivity contribution in [2.24, 2.45) is 11.3 Å². The van der Waals surface area contributed by atoms with Crippen molar-refractivity contribution in [2.75, 3.05) is 0 Å². The van der Waals surface area contributed by atoms with Gasteiger partial charge in [0.2, 0.25) is 11.8 Å². The van der Waals surface area contributed by atoms with Gasteiger partial charge in [0.15, 0.2) is 17.7 Å². The molecule has 1 saturated carbocycles. The van der Waals surface area contributed by atoms with Crippen LogP contribution in [0.3, 0.4) is 0 Å². The van der Waals surface area contributed by atoms with Gasteiger partial charge in [0.1, 0.15) is 17.5 Å². The number of hydrogen-bond donors (Lipinski definition) is 2. The number of carbonyl (C=O) groups is 2. The summed E-state index contributed by atoms with van der Waals surface area (Å²) >= 11 is 0. The average molecular weight is 637 g/mol. The maximum atomic E-state index is 14.0. The van der Waals surface area contributed by atoms with E-state index in [9.17, 15) is 31.5 Å². The minimum Gasteiger partial charge on any atom is -0.448 e. The van der Waals surface area contributed by atoms with Crippen LogP contribution in [0.5, 0.6) is 0 Å². The standard InChI is InChI=1S/C28H29F5N8O4/c1-14-19(44-13-34-14)9-26(10-20(28(31,32)33)37-25(26)43)8-16-7-21-36-18(12-41(21)35-11-16)23(17-3-5-27(29,30)6-4-17)38-24(42)22-15(2)39-45-40-22/h7,11-13,17,20,23H,3-6,8-10H2,1-2H3,(H,37,43)(H,38,42)/t20-,23-,26+/m0/s1. The Morgan fingerprint density at radius 2 is 1.93 bits per heavy atom. The van der Waals surface area contributed by atoms with Crippen LogP contribution >= 0.6 is 0 Å². The lowest BCUT2D eigenvalue weighted by molar-refractivity contribution is -0.155. The van der Waals surface area contributed by atoms with Gasteiger partial charge in [-0.1, -0.05) is 5.16 Å². The number of alkyl halides is 5. The van der Waals surface area contributed by atoms with E-state index in [2.05, 4.69) is 40.6 Å². The molecule has 1 aliphatic heterocycles. The highest BCUT2D eigenvalue weighted by molar-refractivity contribution is 5.93. The topological polar surface area (TPSA) is 153 Å². The molecule has 2 amide bonds. The summed E-state index contributed by atoms with van der Waals surface area (Å²) < 4.78 is 80.5. The predicted octanol–water partition coefficient (Wildman–Crippen LogP) is 4.24. The Hall–Kier alpha value is -4.44. The first-order valence-corrected chi connectivity index (χ1v) is 14.3. The van der Waals surface area contributed by atoms with Gasteiger partial charge in [0.05, 0.1) is 35.2 Å². The minimum atomic E-state index is -4.64. The summed E-state index contributed by atoms with van der Waals surface area (Å²) in [5.74, 6) is -4.26. The Kier molecular flexibility index (Phi) is 7.59. The maximum absolute atomic E-state index is 14.0. The van der Waals surface area contributed by atoms with E-state index in [1.54, 1.807) is 19.2 Å². The quantitative estimate of drug-likeness (QED) is 0.271. The van der Waals surface area contributed by atoms with Crippen molar-refractivity contribution in [3.05, 3.63) is 59.0 Å². The smallest absolute Gasteiger partial charge is 0.408 e. The molecule has 6 rings (SSSR count). The fraction of sp³-hybridized carbons (Fsp3) is 0.536. The first-order chi connectivity index (χ1) is 21.2. The first-order valence-electron chi connectivity index (χ1n) is 14.3. The molecule has 2 aliphatic rings. The number of carbonyl (C=O) groups excluding carboxylic acids is 2. The molecule has 12 nitrogen and oxygen atoms in total. The molecule has 1 saturated heterocycles. The van der Waals surface area contributed by atoms with Crippen molar-refractivity contribution in [1.82, 2.24) is 40.5 Å². The molecule has 3 atom stereocenters. The number of fused-ring (bicyclic) bond motifs is 1. The number of imidazole rings is 1. The van der Waals surface area contributed by atoms with E-state index in [-0.39, 0.29) is 55.8 Å². The van der Waals surface area contributed by atoms with Crippen LogP contribution in [0, 0.1) is 25.2 Å². The number of aryl methyl sites for hydroxylation is 2. The summed E-state index contributed by atoms with van der Waals surface area (Å²) in [6.45, 7) is 3.18. The van der Waals surface area contributed by atoms with Gasteiger partial charge in [-0.25, -0.2) is 27.9 Å². The Morgan fingerprint density at radius 3 is 2.56 bits per heavy atom. The second kappa shape index (κ2) is 11.2. The van der Waals surface area contributed by atoms with Crippen LogP contribution in [0.15, 0.2) is 33.9 Å². The number of aromatic nitrogens is 6. The molecule has 240 valence electrons. The van der Waals surface area contributed by atoms with Crippen molar-refractivity contribution in [3.8, 4) is 0 Å². The number of rotatable bonds is 8. The van der Waals surface area contributed by atoms with E-state index in [1.165, 1.54) is 24.0 Å². The lowest BCUT2D eigenvalue weighted by atomic mass is 9.75. The van der Waals surface area contributed by atoms with Crippen LogP contribution in [0.2, 0.25) is 0 Å². The molecular weight excluding hydrogens is 607 g/mol. The third kappa shape index (κ3) is 6.11. The second-order valence-electron chi connectivity index (χ2n) is 11.9. The third-order valence-electron chi connectivity index (χ3n) is 8.76. The van der Waals surface area contributed by atoms with Crippen molar-refractivity contribution >= 4 is 17.5 Å². The summed E-state index contributed by atoms with van der Waals surface area (Å²) in [6.07, 6.45) is -1.66. The Labute approximate surface area is 252 Å². The van der Waals surface area contributed by atoms with Crippen molar-refractivity contribution in [2.45, 2.75) is 83.0 Å². The summed E-state index contributed by atoms with van der Waals surface area (Å²) in [5.41, 5.74) is 0.239. The number of nitrogens with one attached hydrogen (secondary N) is 2. The molecule has 0 bridgehead atoms. The molecule has 0 spiro atoms. The Balaban J connectivity index is 1.31. The second-order valence-corrected chi connectivity index (χ2v) is 11.9. The van der Waals surface area contributed by atoms with E-state index in [4.69, 9.17) is 4.42 Å². The molecule has 1 aliphatic carbocycles. The van der Waals surface area contributed by atoms with Gasteiger partial charge in [-0.3, -0.25) is 9.59 Å². The lowest BCUT2D eigenvalue weighted by Gasteiger charge is -2.33. The van der Waals surface area contributed by atoms with E-state index >= 15 is 0 Å². The number of hydrogen-bond acceptors (Lipinski definition) is 9. The van der Waals surface area contributed by atoms with E-state index in [0.29, 0.717) is 28.4 Å². The van der Waals surface area contributed by atoms with Gasteiger partial charge < -0.3 is 15.1 Å². The first kappa shape index (κ1) is 30.6. The molecule has 0 unspecified atom stereocenters.